The average Bonchev–Trinajstić information content (AvgIpc) is 2.99. The van der Waals surface area contributed by atoms with E-state index in [1.165, 1.54) is 0 Å². The van der Waals surface area contributed by atoms with Crippen molar-refractivity contribution in [3.8, 4) is 5.75 Å². The molecule has 3 aromatic rings. The quantitative estimate of drug-likeness (QED) is 0.653. The largest absolute Gasteiger partial charge is 0.497 e. The van der Waals surface area contributed by atoms with Crippen LogP contribution in [0.25, 0.3) is 11.2 Å². The molecule has 0 amide bonds. The van der Waals surface area contributed by atoms with E-state index < -0.39 is 0 Å². The first-order valence-electron chi connectivity index (χ1n) is 9.12. The van der Waals surface area contributed by atoms with E-state index in [-0.39, 0.29) is 17.8 Å². The van der Waals surface area contributed by atoms with Crippen LogP contribution in [0.2, 0.25) is 0 Å². The van der Waals surface area contributed by atoms with Crippen LogP contribution in [0.3, 0.4) is 0 Å². The third-order valence-electron chi connectivity index (χ3n) is 5.17. The highest BCUT2D eigenvalue weighted by atomic mass is 16.5. The molecule has 142 valence electrons. The number of nitrogens with zero attached hydrogens (tertiary/aromatic N) is 3. The number of aromatic amines is 1. The van der Waals surface area contributed by atoms with Crippen molar-refractivity contribution in [3.05, 3.63) is 40.4 Å². The fourth-order valence-corrected chi connectivity index (χ4v) is 3.66. The number of fused-ring (bicyclic) bond motifs is 1. The zero-order valence-corrected chi connectivity index (χ0v) is 15.4. The number of hydrogen-bond donors (Lipinski definition) is 3. The molecule has 1 aliphatic rings. The molecule has 3 N–H and O–H groups in total. The van der Waals surface area contributed by atoms with Crippen molar-refractivity contribution < 1.29 is 9.84 Å². The predicted octanol–water partition coefficient (Wildman–Crippen LogP) is 2.66. The van der Waals surface area contributed by atoms with Crippen LogP contribution in [0, 0.1) is 6.92 Å². The third kappa shape index (κ3) is 3.40. The summed E-state index contributed by atoms with van der Waals surface area (Å²) >= 11 is 0. The van der Waals surface area contributed by atoms with Crippen LogP contribution in [0.4, 0.5) is 11.6 Å². The summed E-state index contributed by atoms with van der Waals surface area (Å²) in [5.74, 6) is 1.22. The molecule has 8 nitrogen and oxygen atoms in total. The molecule has 0 saturated heterocycles. The standard InChI is InChI=1S/C19H23N5O3/c1-11-9-14(27-2)7-8-15(11)21-18-20-10-16-17(23-18)24(19(26)22-16)12-3-5-13(25)6-4-12/h7-10,12-13,25H,3-6H2,1-2H3,(H,22,26)(H,20,21,23). The van der Waals surface area contributed by atoms with Crippen LogP contribution < -0.4 is 15.7 Å². The van der Waals surface area contributed by atoms with Gasteiger partial charge in [-0.1, -0.05) is 0 Å². The summed E-state index contributed by atoms with van der Waals surface area (Å²) in [6.07, 6.45) is 4.28. The molecule has 2 heterocycles. The molecule has 4 rings (SSSR count). The van der Waals surface area contributed by atoms with Crippen molar-refractivity contribution in [1.82, 2.24) is 19.5 Å². The summed E-state index contributed by atoms with van der Waals surface area (Å²) in [5, 5.41) is 13.0. The van der Waals surface area contributed by atoms with Gasteiger partial charge >= 0.3 is 5.69 Å². The first kappa shape index (κ1) is 17.5. The van der Waals surface area contributed by atoms with Crippen molar-refractivity contribution in [2.24, 2.45) is 0 Å². The van der Waals surface area contributed by atoms with E-state index in [4.69, 9.17) is 4.74 Å². The lowest BCUT2D eigenvalue weighted by Crippen LogP contribution is -2.27. The number of ether oxygens (including phenoxy) is 1. The van der Waals surface area contributed by atoms with Crippen molar-refractivity contribution >= 4 is 22.8 Å². The molecule has 0 aliphatic heterocycles. The number of aromatic nitrogens is 4. The van der Waals surface area contributed by atoms with Crippen LogP contribution in [0.1, 0.15) is 37.3 Å². The number of rotatable bonds is 4. The first-order valence-corrected chi connectivity index (χ1v) is 9.12. The number of H-pyrrole nitrogens is 1. The van der Waals surface area contributed by atoms with Crippen molar-refractivity contribution in [2.45, 2.75) is 44.8 Å². The summed E-state index contributed by atoms with van der Waals surface area (Å²) in [6.45, 7) is 1.98. The Kier molecular flexibility index (Phi) is 4.57. The molecule has 2 aromatic heterocycles. The van der Waals surface area contributed by atoms with Gasteiger partial charge in [0, 0.05) is 11.7 Å². The van der Waals surface area contributed by atoms with Gasteiger partial charge in [0.05, 0.1) is 19.4 Å². The fourth-order valence-electron chi connectivity index (χ4n) is 3.66. The Morgan fingerprint density at radius 3 is 2.78 bits per heavy atom. The highest BCUT2D eigenvalue weighted by Gasteiger charge is 2.24. The zero-order valence-electron chi connectivity index (χ0n) is 15.4. The Bertz CT molecular complexity index is 1020. The summed E-state index contributed by atoms with van der Waals surface area (Å²) in [5.41, 5.74) is 2.90. The van der Waals surface area contributed by atoms with E-state index in [9.17, 15) is 9.90 Å². The van der Waals surface area contributed by atoms with Crippen LogP contribution in [-0.4, -0.2) is 37.8 Å². The van der Waals surface area contributed by atoms with Crippen LogP contribution in [-0.2, 0) is 0 Å². The van der Waals surface area contributed by atoms with E-state index in [0.717, 1.165) is 29.8 Å². The molecule has 0 radical (unpaired) electrons. The normalized spacial score (nSPS) is 20.0. The maximum absolute atomic E-state index is 12.5. The summed E-state index contributed by atoms with van der Waals surface area (Å²) < 4.78 is 6.94. The Morgan fingerprint density at radius 2 is 2.07 bits per heavy atom. The monoisotopic (exact) mass is 369 g/mol. The molecule has 0 unspecified atom stereocenters. The first-order chi connectivity index (χ1) is 13.0. The van der Waals surface area contributed by atoms with Gasteiger partial charge in [-0.2, -0.15) is 4.98 Å². The lowest BCUT2D eigenvalue weighted by atomic mass is 9.93. The molecule has 0 bridgehead atoms. The lowest BCUT2D eigenvalue weighted by Gasteiger charge is -2.26. The molecule has 1 aliphatic carbocycles. The smallest absolute Gasteiger partial charge is 0.327 e. The number of aliphatic hydroxyl groups excluding tert-OH is 1. The maximum Gasteiger partial charge on any atom is 0.327 e. The zero-order chi connectivity index (χ0) is 19.0. The number of imidazole rings is 1. The number of anilines is 2. The number of aliphatic hydroxyl groups is 1. The Balaban J connectivity index is 1.67. The van der Waals surface area contributed by atoms with E-state index in [2.05, 4.69) is 20.3 Å². The summed E-state index contributed by atoms with van der Waals surface area (Å²) in [7, 11) is 1.63. The number of methoxy groups -OCH3 is 1. The van der Waals surface area contributed by atoms with Gasteiger partial charge in [0.1, 0.15) is 11.3 Å². The van der Waals surface area contributed by atoms with Crippen molar-refractivity contribution in [1.29, 1.82) is 0 Å². The molecule has 1 saturated carbocycles. The van der Waals surface area contributed by atoms with E-state index >= 15 is 0 Å². The molecule has 0 atom stereocenters. The topological polar surface area (TPSA) is 105 Å². The second-order valence-corrected chi connectivity index (χ2v) is 7.00. The second kappa shape index (κ2) is 7.03. The van der Waals surface area contributed by atoms with Crippen LogP contribution in [0.15, 0.2) is 29.2 Å². The predicted molar refractivity (Wildman–Crippen MR) is 103 cm³/mol. The highest BCUT2D eigenvalue weighted by Crippen LogP contribution is 2.30. The average molecular weight is 369 g/mol. The lowest BCUT2D eigenvalue weighted by molar-refractivity contribution is 0.111. The fraction of sp³-hybridized carbons (Fsp3) is 0.421. The highest BCUT2D eigenvalue weighted by molar-refractivity contribution is 5.72. The molecule has 0 spiro atoms. The van der Waals surface area contributed by atoms with Gasteiger partial charge in [-0.25, -0.2) is 9.78 Å². The van der Waals surface area contributed by atoms with Gasteiger partial charge in [0.15, 0.2) is 5.65 Å². The molecule has 1 aromatic carbocycles. The van der Waals surface area contributed by atoms with E-state index in [1.54, 1.807) is 17.9 Å². The van der Waals surface area contributed by atoms with Crippen LogP contribution in [0.5, 0.6) is 5.75 Å². The Hall–Kier alpha value is -2.87. The van der Waals surface area contributed by atoms with E-state index in [0.29, 0.717) is 30.0 Å². The van der Waals surface area contributed by atoms with Gasteiger partial charge in [-0.05, 0) is 56.4 Å². The van der Waals surface area contributed by atoms with Gasteiger partial charge in [0.2, 0.25) is 5.95 Å². The van der Waals surface area contributed by atoms with Gasteiger partial charge in [0.25, 0.3) is 0 Å². The summed E-state index contributed by atoms with van der Waals surface area (Å²) in [6, 6.07) is 5.75. The molecule has 27 heavy (non-hydrogen) atoms. The molecular formula is C19H23N5O3. The van der Waals surface area contributed by atoms with Crippen molar-refractivity contribution in [2.75, 3.05) is 12.4 Å². The third-order valence-corrected chi connectivity index (χ3v) is 5.17. The number of aryl methyl sites for hydroxylation is 1. The Labute approximate surface area is 156 Å². The van der Waals surface area contributed by atoms with Gasteiger partial charge in [-0.15, -0.1) is 0 Å². The van der Waals surface area contributed by atoms with Crippen molar-refractivity contribution in [3.63, 3.8) is 0 Å². The van der Waals surface area contributed by atoms with Gasteiger partial charge in [-0.3, -0.25) is 4.57 Å². The van der Waals surface area contributed by atoms with Gasteiger partial charge < -0.3 is 20.1 Å². The molecular weight excluding hydrogens is 346 g/mol. The molecule has 1 fully saturated rings. The number of nitrogens with one attached hydrogen (secondary N) is 2. The minimum absolute atomic E-state index is 0.0418. The van der Waals surface area contributed by atoms with Crippen LogP contribution >= 0.6 is 0 Å². The number of benzene rings is 1. The summed E-state index contributed by atoms with van der Waals surface area (Å²) in [4.78, 5) is 24.2. The SMILES string of the molecule is COc1ccc(Nc2ncc3[nH]c(=O)n(C4CCC(O)CC4)c3n2)c(C)c1. The minimum Gasteiger partial charge on any atom is -0.497 e. The Morgan fingerprint density at radius 1 is 1.30 bits per heavy atom. The second-order valence-electron chi connectivity index (χ2n) is 7.00. The van der Waals surface area contributed by atoms with E-state index in [1.807, 2.05) is 25.1 Å². The number of hydrogen-bond acceptors (Lipinski definition) is 6. The maximum atomic E-state index is 12.5. The molecule has 8 heteroatoms. The minimum atomic E-state index is -0.271.